The Hall–Kier alpha value is -2.12. The average molecular weight is 340 g/mol. The second-order valence-electron chi connectivity index (χ2n) is 4.91. The van der Waals surface area contributed by atoms with Crippen molar-refractivity contribution in [2.75, 3.05) is 0 Å². The predicted molar refractivity (Wildman–Crippen MR) is 66.6 cm³/mol. The summed E-state index contributed by atoms with van der Waals surface area (Å²) in [4.78, 5) is 0. The fourth-order valence-corrected chi connectivity index (χ4v) is 2.08. The number of halogens is 8. The lowest BCUT2D eigenvalue weighted by Gasteiger charge is -2.13. The Bertz CT molecular complexity index is 756. The lowest BCUT2D eigenvalue weighted by atomic mass is 9.98. The fraction of sp³-hybridized carbons (Fsp3) is 0.200. The molecule has 0 spiro atoms. The molecular formula is C15H8F8. The minimum atomic E-state index is -2.16. The molecule has 1 aromatic carbocycles. The average Bonchev–Trinajstić information content (AvgIpc) is 2.58. The van der Waals surface area contributed by atoms with Gasteiger partial charge in [-0.25, -0.2) is 35.1 Å². The van der Waals surface area contributed by atoms with E-state index >= 15 is 0 Å². The van der Waals surface area contributed by atoms with E-state index in [9.17, 15) is 35.1 Å². The van der Waals surface area contributed by atoms with E-state index in [-0.39, 0.29) is 0 Å². The SMILES string of the molecule is Cc1c(F)c(F)c(C2=C(F)C(F)=CC(C)C(F)=C2F)c(F)c1F. The van der Waals surface area contributed by atoms with E-state index in [2.05, 4.69) is 0 Å². The van der Waals surface area contributed by atoms with Crippen LogP contribution in [-0.2, 0) is 0 Å². The van der Waals surface area contributed by atoms with Gasteiger partial charge in [-0.1, -0.05) is 6.92 Å². The standard InChI is InChI=1S/C15H8F8/c1-4-3-6(16)12(20)7(13(21)9(4)17)8-14(22)10(18)5(2)11(19)15(8)23/h3-4H,1-2H3. The van der Waals surface area contributed by atoms with Crippen LogP contribution in [0.3, 0.4) is 0 Å². The van der Waals surface area contributed by atoms with Gasteiger partial charge in [-0.2, -0.15) is 0 Å². The lowest BCUT2D eigenvalue weighted by molar-refractivity contribution is 0.438. The van der Waals surface area contributed by atoms with Crippen molar-refractivity contribution in [3.63, 3.8) is 0 Å². The molecule has 124 valence electrons. The highest BCUT2D eigenvalue weighted by Crippen LogP contribution is 2.42. The fourth-order valence-electron chi connectivity index (χ4n) is 2.08. The third-order valence-corrected chi connectivity index (χ3v) is 3.39. The van der Waals surface area contributed by atoms with Crippen LogP contribution in [0.2, 0.25) is 0 Å². The summed E-state index contributed by atoms with van der Waals surface area (Å²) < 4.78 is 110. The first kappa shape index (κ1) is 17.2. The summed E-state index contributed by atoms with van der Waals surface area (Å²) in [7, 11) is 0. The molecule has 0 fully saturated rings. The molecule has 1 unspecified atom stereocenters. The van der Waals surface area contributed by atoms with E-state index in [4.69, 9.17) is 0 Å². The topological polar surface area (TPSA) is 0 Å². The van der Waals surface area contributed by atoms with Gasteiger partial charge in [0, 0.05) is 11.5 Å². The maximum absolute atomic E-state index is 14.0. The third-order valence-electron chi connectivity index (χ3n) is 3.39. The summed E-state index contributed by atoms with van der Waals surface area (Å²) in [6.45, 7) is 1.64. The van der Waals surface area contributed by atoms with Crippen molar-refractivity contribution in [1.82, 2.24) is 0 Å². The van der Waals surface area contributed by atoms with Gasteiger partial charge >= 0.3 is 0 Å². The number of benzene rings is 1. The van der Waals surface area contributed by atoms with Crippen molar-refractivity contribution in [2.45, 2.75) is 13.8 Å². The molecular weight excluding hydrogens is 332 g/mol. The first-order valence-corrected chi connectivity index (χ1v) is 6.25. The quantitative estimate of drug-likeness (QED) is 0.442. The van der Waals surface area contributed by atoms with Crippen LogP contribution in [0.5, 0.6) is 0 Å². The predicted octanol–water partition coefficient (Wildman–Crippen LogP) is 5.89. The van der Waals surface area contributed by atoms with E-state index in [0.717, 1.165) is 6.92 Å². The minimum absolute atomic E-state index is 0.327. The second kappa shape index (κ2) is 5.82. The molecule has 0 nitrogen and oxygen atoms in total. The van der Waals surface area contributed by atoms with Crippen molar-refractivity contribution in [2.24, 2.45) is 5.92 Å². The van der Waals surface area contributed by atoms with Gasteiger partial charge in [0.2, 0.25) is 0 Å². The first-order valence-electron chi connectivity index (χ1n) is 6.25. The summed E-state index contributed by atoms with van der Waals surface area (Å²) in [5.41, 5.74) is -4.78. The molecule has 23 heavy (non-hydrogen) atoms. The summed E-state index contributed by atoms with van der Waals surface area (Å²) in [5.74, 6) is -17.6. The molecule has 1 aliphatic rings. The van der Waals surface area contributed by atoms with Gasteiger partial charge in [0.05, 0.1) is 11.1 Å². The Labute approximate surface area is 125 Å². The van der Waals surface area contributed by atoms with Crippen molar-refractivity contribution < 1.29 is 35.1 Å². The van der Waals surface area contributed by atoms with Crippen LogP contribution in [0.4, 0.5) is 35.1 Å². The van der Waals surface area contributed by atoms with Gasteiger partial charge < -0.3 is 0 Å². The van der Waals surface area contributed by atoms with Gasteiger partial charge in [0.25, 0.3) is 0 Å². The molecule has 0 amide bonds. The second-order valence-corrected chi connectivity index (χ2v) is 4.91. The van der Waals surface area contributed by atoms with Crippen LogP contribution >= 0.6 is 0 Å². The molecule has 8 heteroatoms. The maximum Gasteiger partial charge on any atom is 0.170 e. The molecule has 1 aromatic rings. The van der Waals surface area contributed by atoms with Gasteiger partial charge in [0.1, 0.15) is 5.83 Å². The van der Waals surface area contributed by atoms with Gasteiger partial charge in [0.15, 0.2) is 40.7 Å². The summed E-state index contributed by atoms with van der Waals surface area (Å²) in [6.07, 6.45) is 0.327. The summed E-state index contributed by atoms with van der Waals surface area (Å²) in [5, 5.41) is 0. The van der Waals surface area contributed by atoms with E-state index in [1.807, 2.05) is 0 Å². The molecule has 0 radical (unpaired) electrons. The van der Waals surface area contributed by atoms with Crippen LogP contribution in [0.25, 0.3) is 5.57 Å². The van der Waals surface area contributed by atoms with Crippen molar-refractivity contribution in [3.05, 3.63) is 63.8 Å². The Morgan fingerprint density at radius 2 is 1.22 bits per heavy atom. The maximum atomic E-state index is 14.0. The Morgan fingerprint density at radius 3 is 1.70 bits per heavy atom. The molecule has 0 saturated heterocycles. The highest BCUT2D eigenvalue weighted by Gasteiger charge is 2.34. The van der Waals surface area contributed by atoms with Crippen LogP contribution in [0, 0.1) is 36.1 Å². The molecule has 0 bridgehead atoms. The van der Waals surface area contributed by atoms with Crippen molar-refractivity contribution in [3.8, 4) is 0 Å². The van der Waals surface area contributed by atoms with Crippen molar-refractivity contribution in [1.29, 1.82) is 0 Å². The van der Waals surface area contributed by atoms with Crippen LogP contribution in [0.1, 0.15) is 18.1 Å². The zero-order valence-electron chi connectivity index (χ0n) is 11.7. The first-order chi connectivity index (χ1) is 10.6. The van der Waals surface area contributed by atoms with E-state index in [0.29, 0.717) is 13.0 Å². The molecule has 0 N–H and O–H groups in total. The monoisotopic (exact) mass is 340 g/mol. The number of rotatable bonds is 1. The van der Waals surface area contributed by atoms with Crippen LogP contribution < -0.4 is 0 Å². The molecule has 0 saturated carbocycles. The number of hydrogen-bond donors (Lipinski definition) is 0. The van der Waals surface area contributed by atoms with Crippen LogP contribution in [0.15, 0.2) is 29.4 Å². The third kappa shape index (κ3) is 2.55. The highest BCUT2D eigenvalue weighted by molar-refractivity contribution is 5.82. The number of allylic oxidation sites excluding steroid dienone is 6. The molecule has 1 aliphatic carbocycles. The zero-order chi connectivity index (χ0) is 17.6. The van der Waals surface area contributed by atoms with E-state index in [1.54, 1.807) is 0 Å². The zero-order valence-corrected chi connectivity index (χ0v) is 11.7. The van der Waals surface area contributed by atoms with E-state index in [1.165, 1.54) is 0 Å². The van der Waals surface area contributed by atoms with Gasteiger partial charge in [-0.05, 0) is 13.0 Å². The minimum Gasteiger partial charge on any atom is -0.208 e. The Balaban J connectivity index is 2.95. The van der Waals surface area contributed by atoms with Gasteiger partial charge in [-0.15, -0.1) is 0 Å². The van der Waals surface area contributed by atoms with Crippen molar-refractivity contribution >= 4 is 5.57 Å². The number of hydrogen-bond acceptors (Lipinski definition) is 0. The molecule has 1 atom stereocenters. The largest absolute Gasteiger partial charge is 0.208 e. The summed E-state index contributed by atoms with van der Waals surface area (Å²) >= 11 is 0. The Morgan fingerprint density at radius 1 is 0.739 bits per heavy atom. The lowest BCUT2D eigenvalue weighted by Crippen LogP contribution is -2.07. The van der Waals surface area contributed by atoms with Crippen LogP contribution in [-0.4, -0.2) is 0 Å². The molecule has 0 aromatic heterocycles. The molecule has 0 aliphatic heterocycles. The van der Waals surface area contributed by atoms with E-state index < -0.39 is 69.2 Å². The summed E-state index contributed by atoms with van der Waals surface area (Å²) in [6, 6.07) is 0. The smallest absolute Gasteiger partial charge is 0.170 e. The Kier molecular flexibility index (Phi) is 4.37. The highest BCUT2D eigenvalue weighted by atomic mass is 19.2. The normalized spacial score (nSPS) is 19.2. The molecule has 0 heterocycles. The van der Waals surface area contributed by atoms with Gasteiger partial charge in [-0.3, -0.25) is 0 Å². The molecule has 2 rings (SSSR count).